The van der Waals surface area contributed by atoms with Crippen LogP contribution in [-0.4, -0.2) is 63.2 Å². The van der Waals surface area contributed by atoms with Crippen LogP contribution < -0.4 is 10.6 Å². The van der Waals surface area contributed by atoms with E-state index in [2.05, 4.69) is 20.6 Å². The van der Waals surface area contributed by atoms with Gasteiger partial charge in [-0.1, -0.05) is 0 Å². The lowest BCUT2D eigenvalue weighted by molar-refractivity contribution is 0.0768. The van der Waals surface area contributed by atoms with Gasteiger partial charge in [0.2, 0.25) is 0 Å². The minimum Gasteiger partial charge on any atom is -0.381 e. The van der Waals surface area contributed by atoms with Crippen molar-refractivity contribution in [3.05, 3.63) is 35.8 Å². The lowest BCUT2D eigenvalue weighted by Gasteiger charge is -2.34. The van der Waals surface area contributed by atoms with Crippen LogP contribution in [0.15, 0.2) is 29.4 Å². The van der Waals surface area contributed by atoms with E-state index in [4.69, 9.17) is 4.74 Å². The fraction of sp³-hybridized carbons (Fsp3) is 0.550. The molecule has 0 aliphatic carbocycles. The van der Waals surface area contributed by atoms with Gasteiger partial charge in [-0.05, 0) is 49.9 Å². The first-order chi connectivity index (χ1) is 13.8. The summed E-state index contributed by atoms with van der Waals surface area (Å²) in [5.41, 5.74) is 1.91. The maximum Gasteiger partial charge on any atom is 0.191 e. The average molecular weight is 425 g/mol. The topological polar surface area (TPSA) is 95.6 Å². The summed E-state index contributed by atoms with van der Waals surface area (Å²) in [6.07, 6.45) is 4.76. The van der Waals surface area contributed by atoms with Crippen LogP contribution in [0, 0.1) is 5.82 Å². The highest BCUT2D eigenvalue weighted by atomic mass is 32.2. The van der Waals surface area contributed by atoms with Crippen LogP contribution in [0.2, 0.25) is 0 Å². The van der Waals surface area contributed by atoms with Crippen LogP contribution in [-0.2, 0) is 21.0 Å². The Kier molecular flexibility index (Phi) is 6.79. The van der Waals surface area contributed by atoms with E-state index in [0.717, 1.165) is 16.5 Å². The van der Waals surface area contributed by atoms with Gasteiger partial charge in [-0.15, -0.1) is 0 Å². The number of nitrogens with one attached hydrogen (secondary N) is 3. The first-order valence-corrected chi connectivity index (χ1v) is 11.8. The molecule has 1 saturated heterocycles. The summed E-state index contributed by atoms with van der Waals surface area (Å²) in [5, 5.41) is 7.28. The Morgan fingerprint density at radius 2 is 2.07 bits per heavy atom. The summed E-state index contributed by atoms with van der Waals surface area (Å²) in [7, 11) is -3.26. The van der Waals surface area contributed by atoms with Crippen LogP contribution in [0.1, 0.15) is 25.3 Å². The largest absolute Gasteiger partial charge is 0.381 e. The zero-order valence-electron chi connectivity index (χ0n) is 16.9. The first-order valence-electron chi connectivity index (χ1n) is 9.90. The van der Waals surface area contributed by atoms with Crippen molar-refractivity contribution in [3.63, 3.8) is 0 Å². The molecule has 3 N–H and O–H groups in total. The maximum absolute atomic E-state index is 13.5. The SMILES string of the molecule is CCNC(=NCC1(S(C)(=O)=O)CCOCC1)NCCc1c[nH]c2ccc(F)cc12. The molecule has 0 spiro atoms. The fourth-order valence-corrected chi connectivity index (χ4v) is 4.83. The minimum absolute atomic E-state index is 0.197. The summed E-state index contributed by atoms with van der Waals surface area (Å²) >= 11 is 0. The summed E-state index contributed by atoms with van der Waals surface area (Å²) in [4.78, 5) is 7.71. The molecule has 1 aliphatic heterocycles. The standard InChI is InChI=1S/C20H29FN4O3S/c1-3-22-19(25-14-20(29(2,26)27)7-10-28-11-8-20)23-9-6-15-13-24-18-5-4-16(21)12-17(15)18/h4-5,12-13,24H,3,6-11,14H2,1-2H3,(H2,22,23,25). The van der Waals surface area contributed by atoms with E-state index in [1.165, 1.54) is 18.4 Å². The number of halogens is 1. The number of aromatic amines is 1. The second kappa shape index (κ2) is 9.13. The van der Waals surface area contributed by atoms with Crippen molar-refractivity contribution in [2.75, 3.05) is 39.1 Å². The fourth-order valence-electron chi connectivity index (χ4n) is 3.63. The van der Waals surface area contributed by atoms with Crippen LogP contribution in [0.25, 0.3) is 10.9 Å². The van der Waals surface area contributed by atoms with Gasteiger partial charge in [-0.2, -0.15) is 0 Å². The molecule has 0 bridgehead atoms. The van der Waals surface area contributed by atoms with Gasteiger partial charge in [0.15, 0.2) is 15.8 Å². The molecule has 3 rings (SSSR count). The monoisotopic (exact) mass is 424 g/mol. The van der Waals surface area contributed by atoms with E-state index in [9.17, 15) is 12.8 Å². The summed E-state index contributed by atoms with van der Waals surface area (Å²) < 4.78 is 42.8. The van der Waals surface area contributed by atoms with Gasteiger partial charge >= 0.3 is 0 Å². The smallest absolute Gasteiger partial charge is 0.191 e. The number of benzene rings is 1. The molecular weight excluding hydrogens is 395 g/mol. The summed E-state index contributed by atoms with van der Waals surface area (Å²) in [6, 6.07) is 4.69. The van der Waals surface area contributed by atoms with Crippen molar-refractivity contribution < 1.29 is 17.5 Å². The van der Waals surface area contributed by atoms with Crippen LogP contribution in [0.3, 0.4) is 0 Å². The summed E-state index contributed by atoms with van der Waals surface area (Å²) in [5.74, 6) is 0.316. The van der Waals surface area contributed by atoms with Gasteiger partial charge in [-0.3, -0.25) is 4.99 Å². The quantitative estimate of drug-likeness (QED) is 0.467. The maximum atomic E-state index is 13.5. The number of sulfone groups is 1. The Morgan fingerprint density at radius 1 is 1.31 bits per heavy atom. The van der Waals surface area contributed by atoms with Crippen molar-refractivity contribution >= 4 is 26.7 Å². The third-order valence-electron chi connectivity index (χ3n) is 5.48. The summed E-state index contributed by atoms with van der Waals surface area (Å²) in [6.45, 7) is 4.28. The third kappa shape index (κ3) is 5.08. The lowest BCUT2D eigenvalue weighted by atomic mass is 9.99. The molecule has 29 heavy (non-hydrogen) atoms. The van der Waals surface area contributed by atoms with E-state index in [0.29, 0.717) is 51.5 Å². The Labute approximate surface area is 171 Å². The molecule has 0 atom stereocenters. The van der Waals surface area contributed by atoms with Crippen LogP contribution >= 0.6 is 0 Å². The van der Waals surface area contributed by atoms with Crippen LogP contribution in [0.5, 0.6) is 0 Å². The zero-order valence-corrected chi connectivity index (χ0v) is 17.7. The lowest BCUT2D eigenvalue weighted by Crippen LogP contribution is -2.47. The first kappa shape index (κ1) is 21.6. The molecule has 0 saturated carbocycles. The van der Waals surface area contributed by atoms with E-state index in [1.807, 2.05) is 13.1 Å². The number of guanidine groups is 1. The average Bonchev–Trinajstić information content (AvgIpc) is 3.08. The van der Waals surface area contributed by atoms with E-state index in [1.54, 1.807) is 6.07 Å². The second-order valence-corrected chi connectivity index (χ2v) is 9.85. The third-order valence-corrected chi connectivity index (χ3v) is 7.59. The molecule has 1 aromatic carbocycles. The molecule has 0 unspecified atom stereocenters. The van der Waals surface area contributed by atoms with Gasteiger partial charge in [0.1, 0.15) is 5.82 Å². The Bertz CT molecular complexity index is 965. The van der Waals surface area contributed by atoms with Crippen molar-refractivity contribution in [3.8, 4) is 0 Å². The molecule has 9 heteroatoms. The Balaban J connectivity index is 1.66. The molecule has 0 radical (unpaired) electrons. The minimum atomic E-state index is -3.26. The highest BCUT2D eigenvalue weighted by molar-refractivity contribution is 7.92. The number of ether oxygens (including phenoxy) is 1. The number of H-pyrrole nitrogens is 1. The number of aliphatic imine (C=N–C) groups is 1. The van der Waals surface area contributed by atoms with Crippen LogP contribution in [0.4, 0.5) is 4.39 Å². The van der Waals surface area contributed by atoms with E-state index < -0.39 is 14.6 Å². The van der Waals surface area contributed by atoms with E-state index in [-0.39, 0.29) is 12.4 Å². The molecule has 1 aromatic heterocycles. The second-order valence-electron chi connectivity index (χ2n) is 7.44. The predicted molar refractivity (Wildman–Crippen MR) is 114 cm³/mol. The van der Waals surface area contributed by atoms with Gasteiger partial charge in [0.05, 0.1) is 11.3 Å². The highest BCUT2D eigenvalue weighted by Crippen LogP contribution is 2.29. The van der Waals surface area contributed by atoms with E-state index >= 15 is 0 Å². The van der Waals surface area contributed by atoms with Gasteiger partial charge < -0.3 is 20.4 Å². The molecule has 2 aromatic rings. The molecule has 1 fully saturated rings. The van der Waals surface area contributed by atoms with Gasteiger partial charge in [0, 0.05) is 49.7 Å². The van der Waals surface area contributed by atoms with Crippen molar-refractivity contribution in [2.24, 2.45) is 4.99 Å². The van der Waals surface area contributed by atoms with Gasteiger partial charge in [0.25, 0.3) is 0 Å². The van der Waals surface area contributed by atoms with Gasteiger partial charge in [-0.25, -0.2) is 12.8 Å². The number of hydrogen-bond acceptors (Lipinski definition) is 4. The molecule has 0 amide bonds. The molecule has 160 valence electrons. The normalized spacial score (nSPS) is 17.4. The molecule has 7 nitrogen and oxygen atoms in total. The van der Waals surface area contributed by atoms with Crippen molar-refractivity contribution in [1.29, 1.82) is 0 Å². The number of nitrogens with zero attached hydrogens (tertiary/aromatic N) is 1. The van der Waals surface area contributed by atoms with Crippen molar-refractivity contribution in [1.82, 2.24) is 15.6 Å². The molecule has 1 aliphatic rings. The number of rotatable bonds is 7. The molecule has 2 heterocycles. The number of aromatic nitrogens is 1. The Morgan fingerprint density at radius 3 is 2.76 bits per heavy atom. The number of fused-ring (bicyclic) bond motifs is 1. The van der Waals surface area contributed by atoms with Crippen molar-refractivity contribution in [2.45, 2.75) is 30.9 Å². The predicted octanol–water partition coefficient (Wildman–Crippen LogP) is 2.00. The molecular formula is C20H29FN4O3S. The number of hydrogen-bond donors (Lipinski definition) is 3. The highest BCUT2D eigenvalue weighted by Gasteiger charge is 2.42. The Hall–Kier alpha value is -2.13. The zero-order chi connectivity index (χ0) is 20.9.